The molecule has 0 saturated carbocycles. The molecule has 4 heterocycles. The van der Waals surface area contributed by atoms with Crippen molar-refractivity contribution in [2.75, 3.05) is 18.8 Å². The maximum atomic E-state index is 6.11. The number of likely N-dealkylation sites (tertiary alicyclic amines) is 1. The van der Waals surface area contributed by atoms with E-state index in [9.17, 15) is 0 Å². The van der Waals surface area contributed by atoms with Crippen LogP contribution in [0.4, 0.5) is 0 Å². The normalized spacial score (nSPS) is 22.6. The Labute approximate surface area is 153 Å². The maximum absolute atomic E-state index is 6.11. The molecule has 2 aliphatic heterocycles. The first-order chi connectivity index (χ1) is 12.1. The Balaban J connectivity index is 1.23. The Hall–Kier alpha value is -1.37. The highest BCUT2D eigenvalue weighted by Gasteiger charge is 2.49. The molecule has 0 radical (unpaired) electrons. The van der Waals surface area contributed by atoms with E-state index in [0.29, 0.717) is 23.5 Å². The van der Waals surface area contributed by atoms with Gasteiger partial charge >= 0.3 is 0 Å². The zero-order valence-electron chi connectivity index (χ0n) is 15.0. The fourth-order valence-corrected chi connectivity index (χ4v) is 5.31. The second-order valence-electron chi connectivity index (χ2n) is 7.56. The second kappa shape index (κ2) is 7.09. The van der Waals surface area contributed by atoms with Crippen LogP contribution >= 0.6 is 11.8 Å². The SMILES string of the molecule is CC(C)n1cc(CN2CC3(C[C@H](OCc4cccnc4)CS3)C2)cn1. The first-order valence-corrected chi connectivity index (χ1v) is 10.0. The number of thioether (sulfide) groups is 1. The van der Waals surface area contributed by atoms with Crippen molar-refractivity contribution in [2.24, 2.45) is 0 Å². The molecule has 0 aliphatic carbocycles. The molecule has 5 nitrogen and oxygen atoms in total. The third-order valence-electron chi connectivity index (χ3n) is 5.00. The predicted octanol–water partition coefficient (Wildman–Crippen LogP) is 3.14. The quantitative estimate of drug-likeness (QED) is 0.794. The first kappa shape index (κ1) is 17.1. The monoisotopic (exact) mass is 358 g/mol. The minimum absolute atomic E-state index is 0.371. The van der Waals surface area contributed by atoms with Gasteiger partial charge in [0.1, 0.15) is 0 Å². The summed E-state index contributed by atoms with van der Waals surface area (Å²) >= 11 is 2.10. The van der Waals surface area contributed by atoms with Crippen molar-refractivity contribution in [3.63, 3.8) is 0 Å². The Morgan fingerprint density at radius 3 is 2.92 bits per heavy atom. The summed E-state index contributed by atoms with van der Waals surface area (Å²) in [5, 5.41) is 4.44. The van der Waals surface area contributed by atoms with E-state index in [1.165, 1.54) is 12.0 Å². The molecule has 2 aromatic heterocycles. The molecule has 0 unspecified atom stereocenters. The standard InChI is InChI=1S/C19H26N4OS/c1-15(2)23-10-17(8-21-23)9-22-13-19(14-22)6-18(12-25-19)24-11-16-4-3-5-20-7-16/h3-5,7-8,10,15,18H,6,9,11-14H2,1-2H3/t18-/m0/s1. The summed E-state index contributed by atoms with van der Waals surface area (Å²) in [4.78, 5) is 6.68. The largest absolute Gasteiger partial charge is 0.373 e. The fraction of sp³-hybridized carbons (Fsp3) is 0.579. The topological polar surface area (TPSA) is 43.2 Å². The van der Waals surface area contributed by atoms with Gasteiger partial charge in [0.25, 0.3) is 0 Å². The zero-order valence-corrected chi connectivity index (χ0v) is 15.8. The third kappa shape index (κ3) is 3.91. The Morgan fingerprint density at radius 1 is 1.32 bits per heavy atom. The minimum Gasteiger partial charge on any atom is -0.373 e. The number of pyridine rings is 1. The first-order valence-electron chi connectivity index (χ1n) is 9.02. The number of rotatable bonds is 6. The van der Waals surface area contributed by atoms with E-state index in [0.717, 1.165) is 31.0 Å². The maximum Gasteiger partial charge on any atom is 0.0736 e. The molecule has 1 spiro atoms. The summed E-state index contributed by atoms with van der Waals surface area (Å²) in [6, 6.07) is 4.47. The highest BCUT2D eigenvalue weighted by atomic mass is 32.2. The highest BCUT2D eigenvalue weighted by molar-refractivity contribution is 8.01. The van der Waals surface area contributed by atoms with Crippen molar-refractivity contribution >= 4 is 11.8 Å². The van der Waals surface area contributed by atoms with Gasteiger partial charge in [0, 0.05) is 60.3 Å². The van der Waals surface area contributed by atoms with Crippen LogP contribution in [0.2, 0.25) is 0 Å². The summed E-state index contributed by atoms with van der Waals surface area (Å²) < 4.78 is 8.56. The zero-order chi connectivity index (χ0) is 17.3. The van der Waals surface area contributed by atoms with Crippen LogP contribution in [0.25, 0.3) is 0 Å². The lowest BCUT2D eigenvalue weighted by Gasteiger charge is -2.47. The number of aromatic nitrogens is 3. The van der Waals surface area contributed by atoms with E-state index in [1.807, 2.05) is 23.1 Å². The van der Waals surface area contributed by atoms with Gasteiger partial charge < -0.3 is 4.74 Å². The minimum atomic E-state index is 0.371. The summed E-state index contributed by atoms with van der Waals surface area (Å²) in [6.45, 7) is 8.34. The van der Waals surface area contributed by atoms with Gasteiger partial charge in [-0.2, -0.15) is 5.10 Å². The molecular weight excluding hydrogens is 332 g/mol. The summed E-state index contributed by atoms with van der Waals surface area (Å²) in [7, 11) is 0. The third-order valence-corrected chi connectivity index (χ3v) is 6.57. The van der Waals surface area contributed by atoms with Crippen molar-refractivity contribution in [1.82, 2.24) is 19.7 Å². The van der Waals surface area contributed by atoms with Gasteiger partial charge in [-0.1, -0.05) is 6.07 Å². The van der Waals surface area contributed by atoms with Crippen molar-refractivity contribution < 1.29 is 4.74 Å². The Kier molecular flexibility index (Phi) is 4.84. The van der Waals surface area contributed by atoms with E-state index in [2.05, 4.69) is 52.9 Å². The van der Waals surface area contributed by atoms with Crippen molar-refractivity contribution in [3.8, 4) is 0 Å². The van der Waals surface area contributed by atoms with E-state index >= 15 is 0 Å². The van der Waals surface area contributed by atoms with E-state index < -0.39 is 0 Å². The van der Waals surface area contributed by atoms with Crippen molar-refractivity contribution in [2.45, 2.75) is 50.3 Å². The molecule has 0 amide bonds. The molecule has 2 saturated heterocycles. The molecule has 134 valence electrons. The van der Waals surface area contributed by atoms with Crippen LogP contribution in [0.3, 0.4) is 0 Å². The Bertz CT molecular complexity index is 696. The van der Waals surface area contributed by atoms with Gasteiger partial charge in [-0.25, -0.2) is 0 Å². The van der Waals surface area contributed by atoms with Gasteiger partial charge in [0.15, 0.2) is 0 Å². The van der Waals surface area contributed by atoms with Crippen molar-refractivity contribution in [1.29, 1.82) is 0 Å². The average Bonchev–Trinajstić information content (AvgIpc) is 3.21. The second-order valence-corrected chi connectivity index (χ2v) is 9.05. The number of nitrogens with zero attached hydrogens (tertiary/aromatic N) is 4. The van der Waals surface area contributed by atoms with Crippen LogP contribution < -0.4 is 0 Å². The summed E-state index contributed by atoms with van der Waals surface area (Å²) in [5.41, 5.74) is 2.47. The van der Waals surface area contributed by atoms with Gasteiger partial charge in [-0.3, -0.25) is 14.6 Å². The summed E-state index contributed by atoms with van der Waals surface area (Å²) in [5.74, 6) is 1.11. The average molecular weight is 359 g/mol. The lowest BCUT2D eigenvalue weighted by atomic mass is 9.92. The molecule has 0 aromatic carbocycles. The number of hydrogen-bond donors (Lipinski definition) is 0. The molecule has 25 heavy (non-hydrogen) atoms. The molecule has 1 atom stereocenters. The van der Waals surface area contributed by atoms with Gasteiger partial charge in [-0.15, -0.1) is 11.8 Å². The highest BCUT2D eigenvalue weighted by Crippen LogP contribution is 2.46. The lowest BCUT2D eigenvalue weighted by molar-refractivity contribution is 0.0263. The predicted molar refractivity (Wildman–Crippen MR) is 101 cm³/mol. The molecule has 2 aliphatic rings. The molecule has 0 N–H and O–H groups in total. The molecule has 2 aromatic rings. The summed E-state index contributed by atoms with van der Waals surface area (Å²) in [6.07, 6.45) is 9.41. The number of ether oxygens (including phenoxy) is 1. The van der Waals surface area contributed by atoms with E-state index in [-0.39, 0.29) is 0 Å². The van der Waals surface area contributed by atoms with Crippen LogP contribution in [0.5, 0.6) is 0 Å². The molecule has 6 heteroatoms. The lowest BCUT2D eigenvalue weighted by Crippen LogP contribution is -2.58. The van der Waals surface area contributed by atoms with Gasteiger partial charge in [-0.05, 0) is 31.9 Å². The van der Waals surface area contributed by atoms with Crippen molar-refractivity contribution in [3.05, 3.63) is 48.0 Å². The van der Waals surface area contributed by atoms with E-state index in [4.69, 9.17) is 4.74 Å². The Morgan fingerprint density at radius 2 is 2.20 bits per heavy atom. The smallest absolute Gasteiger partial charge is 0.0736 e. The fourth-order valence-electron chi connectivity index (χ4n) is 3.71. The molecule has 4 rings (SSSR count). The van der Waals surface area contributed by atoms with Crippen LogP contribution in [0, 0.1) is 0 Å². The van der Waals surface area contributed by atoms with Crippen LogP contribution in [0.15, 0.2) is 36.9 Å². The molecular formula is C19H26N4OS. The van der Waals surface area contributed by atoms with Gasteiger partial charge in [0.05, 0.1) is 18.9 Å². The van der Waals surface area contributed by atoms with E-state index in [1.54, 1.807) is 6.20 Å². The van der Waals surface area contributed by atoms with Crippen LogP contribution in [-0.4, -0.2) is 49.4 Å². The van der Waals surface area contributed by atoms with Crippen LogP contribution in [-0.2, 0) is 17.9 Å². The van der Waals surface area contributed by atoms with Crippen LogP contribution in [0.1, 0.15) is 37.4 Å². The molecule has 0 bridgehead atoms. The van der Waals surface area contributed by atoms with Gasteiger partial charge in [0.2, 0.25) is 0 Å². The number of hydrogen-bond acceptors (Lipinski definition) is 5. The molecule has 2 fully saturated rings.